The Bertz CT molecular complexity index is 567. The van der Waals surface area contributed by atoms with E-state index in [1.54, 1.807) is 13.1 Å². The van der Waals surface area contributed by atoms with Crippen LogP contribution in [0.4, 0.5) is 5.82 Å². The Balaban J connectivity index is 1.81. The lowest BCUT2D eigenvalue weighted by Gasteiger charge is -2.08. The van der Waals surface area contributed by atoms with Gasteiger partial charge >= 0.3 is 0 Å². The summed E-state index contributed by atoms with van der Waals surface area (Å²) in [7, 11) is -1.87. The molecule has 0 bridgehead atoms. The fraction of sp³-hybridized carbons (Fsp3) is 0.500. The quantitative estimate of drug-likeness (QED) is 0.612. The van der Waals surface area contributed by atoms with E-state index in [1.165, 1.54) is 12.3 Å². The zero-order valence-electron chi connectivity index (χ0n) is 11.2. The van der Waals surface area contributed by atoms with E-state index in [2.05, 4.69) is 20.3 Å². The van der Waals surface area contributed by atoms with E-state index >= 15 is 0 Å². The van der Waals surface area contributed by atoms with Gasteiger partial charge in [0.1, 0.15) is 10.7 Å². The number of pyridine rings is 1. The Hall–Kier alpha value is -1.67. The molecular weight excluding hydrogens is 280 g/mol. The van der Waals surface area contributed by atoms with Crippen LogP contribution in [0.2, 0.25) is 0 Å². The smallest absolute Gasteiger partial charge is 0.242 e. The van der Waals surface area contributed by atoms with Gasteiger partial charge in [0.15, 0.2) is 0 Å². The molecule has 1 aliphatic carbocycles. The van der Waals surface area contributed by atoms with Gasteiger partial charge in [-0.05, 0) is 25.0 Å². The normalized spacial score (nSPS) is 14.8. The van der Waals surface area contributed by atoms with E-state index < -0.39 is 10.0 Å². The minimum Gasteiger partial charge on any atom is -0.373 e. The Kier molecular flexibility index (Phi) is 4.56. The summed E-state index contributed by atoms with van der Waals surface area (Å²) in [6, 6.07) is 3.06. The van der Waals surface area contributed by atoms with Gasteiger partial charge in [0.2, 0.25) is 15.9 Å². The van der Waals surface area contributed by atoms with Crippen molar-refractivity contribution < 1.29 is 13.2 Å². The summed E-state index contributed by atoms with van der Waals surface area (Å²) in [5.74, 6) is 0.731. The summed E-state index contributed by atoms with van der Waals surface area (Å²) in [4.78, 5) is 15.4. The molecule has 0 spiro atoms. The fourth-order valence-electron chi connectivity index (χ4n) is 1.63. The highest BCUT2D eigenvalue weighted by molar-refractivity contribution is 7.89. The molecule has 2 rings (SSSR count). The summed E-state index contributed by atoms with van der Waals surface area (Å²) in [6.45, 7) is 0.450. The molecule has 0 unspecified atom stereocenters. The van der Waals surface area contributed by atoms with Crippen molar-refractivity contribution in [1.29, 1.82) is 0 Å². The first-order valence-electron chi connectivity index (χ1n) is 6.44. The first-order valence-corrected chi connectivity index (χ1v) is 7.92. The maximum absolute atomic E-state index is 11.9. The molecule has 20 heavy (non-hydrogen) atoms. The van der Waals surface area contributed by atoms with Gasteiger partial charge in [0.25, 0.3) is 0 Å². The van der Waals surface area contributed by atoms with Crippen LogP contribution in [0.15, 0.2) is 23.2 Å². The third-order valence-corrected chi connectivity index (χ3v) is 4.41. The van der Waals surface area contributed by atoms with Crippen LogP contribution in [0.5, 0.6) is 0 Å². The van der Waals surface area contributed by atoms with Crippen LogP contribution in [0, 0.1) is 5.92 Å². The second kappa shape index (κ2) is 6.19. The van der Waals surface area contributed by atoms with Crippen molar-refractivity contribution in [3.8, 4) is 0 Å². The van der Waals surface area contributed by atoms with Crippen molar-refractivity contribution in [3.63, 3.8) is 0 Å². The van der Waals surface area contributed by atoms with E-state index in [-0.39, 0.29) is 29.8 Å². The number of hydrogen-bond acceptors (Lipinski definition) is 5. The first-order chi connectivity index (χ1) is 9.53. The number of hydrogen-bond donors (Lipinski definition) is 3. The van der Waals surface area contributed by atoms with Crippen molar-refractivity contribution in [2.45, 2.75) is 17.7 Å². The summed E-state index contributed by atoms with van der Waals surface area (Å²) in [5.41, 5.74) is 0. The SMILES string of the molecule is CNc1ccc(S(=O)(=O)NCCNC(=O)C2CC2)cn1. The molecule has 110 valence electrons. The maximum Gasteiger partial charge on any atom is 0.242 e. The largest absolute Gasteiger partial charge is 0.373 e. The van der Waals surface area contributed by atoms with Crippen LogP contribution >= 0.6 is 0 Å². The standard InChI is InChI=1S/C12H18N4O3S/c1-13-11-5-4-10(8-15-11)20(18,19)16-7-6-14-12(17)9-2-3-9/h4-5,8-9,16H,2-3,6-7H2,1H3,(H,13,15)(H,14,17). The number of amides is 1. The van der Waals surface area contributed by atoms with Crippen molar-refractivity contribution in [3.05, 3.63) is 18.3 Å². The number of nitrogens with zero attached hydrogens (tertiary/aromatic N) is 1. The predicted molar refractivity (Wildman–Crippen MR) is 74.7 cm³/mol. The lowest BCUT2D eigenvalue weighted by molar-refractivity contribution is -0.122. The van der Waals surface area contributed by atoms with Gasteiger partial charge in [0.05, 0.1) is 0 Å². The van der Waals surface area contributed by atoms with Crippen molar-refractivity contribution >= 4 is 21.7 Å². The van der Waals surface area contributed by atoms with Crippen LogP contribution in [0.3, 0.4) is 0 Å². The highest BCUT2D eigenvalue weighted by Gasteiger charge is 2.29. The van der Waals surface area contributed by atoms with Crippen molar-refractivity contribution in [1.82, 2.24) is 15.0 Å². The topological polar surface area (TPSA) is 100 Å². The first kappa shape index (κ1) is 14.7. The van der Waals surface area contributed by atoms with Gasteiger partial charge in [-0.1, -0.05) is 0 Å². The zero-order valence-corrected chi connectivity index (χ0v) is 12.0. The number of carbonyl (C=O) groups excluding carboxylic acids is 1. The number of nitrogens with one attached hydrogen (secondary N) is 3. The van der Waals surface area contributed by atoms with E-state index in [4.69, 9.17) is 0 Å². The number of rotatable bonds is 7. The lowest BCUT2D eigenvalue weighted by Crippen LogP contribution is -2.35. The van der Waals surface area contributed by atoms with Gasteiger partial charge in [-0.25, -0.2) is 18.1 Å². The molecule has 1 heterocycles. The summed E-state index contributed by atoms with van der Waals surface area (Å²) >= 11 is 0. The van der Waals surface area contributed by atoms with Crippen molar-refractivity contribution in [2.24, 2.45) is 5.92 Å². The van der Waals surface area contributed by atoms with Gasteiger partial charge in [0, 0.05) is 32.3 Å². The summed E-state index contributed by atoms with van der Waals surface area (Å²) in [6.07, 6.45) is 3.15. The minimum atomic E-state index is -3.58. The van der Waals surface area contributed by atoms with E-state index in [1.807, 2.05) is 0 Å². The second-order valence-electron chi connectivity index (χ2n) is 4.59. The number of aromatic nitrogens is 1. The summed E-state index contributed by atoms with van der Waals surface area (Å²) in [5, 5.41) is 5.51. The van der Waals surface area contributed by atoms with Gasteiger partial charge in [-0.3, -0.25) is 4.79 Å². The molecule has 0 aromatic carbocycles. The van der Waals surface area contributed by atoms with Crippen LogP contribution < -0.4 is 15.4 Å². The maximum atomic E-state index is 11.9. The third kappa shape index (κ3) is 3.91. The molecule has 1 aromatic rings. The molecule has 0 aliphatic heterocycles. The minimum absolute atomic E-state index is 0.00392. The molecule has 0 saturated heterocycles. The molecule has 0 atom stereocenters. The molecule has 1 aliphatic rings. The highest BCUT2D eigenvalue weighted by atomic mass is 32.2. The highest BCUT2D eigenvalue weighted by Crippen LogP contribution is 2.28. The molecule has 1 fully saturated rings. The number of carbonyl (C=O) groups is 1. The second-order valence-corrected chi connectivity index (χ2v) is 6.36. The molecule has 1 aromatic heterocycles. The molecule has 1 saturated carbocycles. The lowest BCUT2D eigenvalue weighted by atomic mass is 10.4. The molecule has 0 radical (unpaired) electrons. The van der Waals surface area contributed by atoms with Crippen LogP contribution in [0.1, 0.15) is 12.8 Å². The van der Waals surface area contributed by atoms with Crippen LogP contribution in [-0.4, -0.2) is 39.4 Å². The molecule has 7 nitrogen and oxygen atoms in total. The van der Waals surface area contributed by atoms with Crippen LogP contribution in [-0.2, 0) is 14.8 Å². The Morgan fingerprint density at radius 2 is 2.10 bits per heavy atom. The molecule has 3 N–H and O–H groups in total. The monoisotopic (exact) mass is 298 g/mol. The molecule has 1 amide bonds. The Morgan fingerprint density at radius 1 is 1.35 bits per heavy atom. The van der Waals surface area contributed by atoms with E-state index in [0.29, 0.717) is 5.82 Å². The van der Waals surface area contributed by atoms with Crippen molar-refractivity contribution in [2.75, 3.05) is 25.5 Å². The Labute approximate surface area is 118 Å². The third-order valence-electron chi connectivity index (χ3n) is 2.97. The average Bonchev–Trinajstić information content (AvgIpc) is 3.28. The average molecular weight is 298 g/mol. The fourth-order valence-corrected chi connectivity index (χ4v) is 2.61. The van der Waals surface area contributed by atoms with Gasteiger partial charge in [-0.15, -0.1) is 0 Å². The number of sulfonamides is 1. The Morgan fingerprint density at radius 3 is 2.65 bits per heavy atom. The van der Waals surface area contributed by atoms with Gasteiger partial charge < -0.3 is 10.6 Å². The molecular formula is C12H18N4O3S. The van der Waals surface area contributed by atoms with E-state index in [0.717, 1.165) is 12.8 Å². The predicted octanol–water partition coefficient (Wildman–Crippen LogP) is -0.0722. The zero-order chi connectivity index (χ0) is 14.6. The van der Waals surface area contributed by atoms with E-state index in [9.17, 15) is 13.2 Å². The summed E-state index contributed by atoms with van der Waals surface area (Å²) < 4.78 is 26.3. The van der Waals surface area contributed by atoms with Crippen LogP contribution in [0.25, 0.3) is 0 Å². The molecule has 8 heteroatoms. The number of anilines is 1. The van der Waals surface area contributed by atoms with Gasteiger partial charge in [-0.2, -0.15) is 0 Å².